The number of hydrogen-bond acceptors (Lipinski definition) is 4. The third kappa shape index (κ3) is 3.17. The van der Waals surface area contributed by atoms with Crippen LogP contribution >= 0.6 is 23.4 Å². The van der Waals surface area contributed by atoms with Crippen molar-refractivity contribution in [3.05, 3.63) is 28.8 Å². The van der Waals surface area contributed by atoms with E-state index in [-0.39, 0.29) is 5.91 Å². The second kappa shape index (κ2) is 6.11. The number of rotatable bonds is 3. The van der Waals surface area contributed by atoms with Crippen LogP contribution in [0.25, 0.3) is 0 Å². The molecule has 1 amide bonds. The lowest BCUT2D eigenvalue weighted by atomic mass is 10.2. The van der Waals surface area contributed by atoms with Gasteiger partial charge in [0.05, 0.1) is 18.2 Å². The Labute approximate surface area is 115 Å². The molecule has 0 saturated carbocycles. The van der Waals surface area contributed by atoms with Crippen LogP contribution in [0.3, 0.4) is 0 Å². The number of benzene rings is 1. The van der Waals surface area contributed by atoms with Gasteiger partial charge >= 0.3 is 0 Å². The van der Waals surface area contributed by atoms with Gasteiger partial charge in [0.2, 0.25) is 0 Å². The molecule has 4 nitrogen and oxygen atoms in total. The summed E-state index contributed by atoms with van der Waals surface area (Å²) in [4.78, 5) is 16.1. The summed E-state index contributed by atoms with van der Waals surface area (Å²) in [7, 11) is 0. The van der Waals surface area contributed by atoms with E-state index in [2.05, 4.69) is 10.3 Å². The first-order valence-corrected chi connectivity index (χ1v) is 6.98. The van der Waals surface area contributed by atoms with E-state index in [1.165, 1.54) is 0 Å². The number of carbonyl (C=O) groups excluding carboxylic acids is 1. The molecule has 1 aromatic carbocycles. The summed E-state index contributed by atoms with van der Waals surface area (Å²) in [6.45, 7) is 3.18. The van der Waals surface area contributed by atoms with Crippen molar-refractivity contribution in [1.29, 1.82) is 0 Å². The maximum Gasteiger partial charge on any atom is 0.257 e. The topological polar surface area (TPSA) is 50.7 Å². The number of thioether (sulfide) groups is 1. The zero-order valence-electron chi connectivity index (χ0n) is 9.90. The Bertz CT molecular complexity index is 491. The second-order valence-corrected chi connectivity index (χ2v) is 5.06. The van der Waals surface area contributed by atoms with Crippen molar-refractivity contribution in [2.45, 2.75) is 6.92 Å². The molecule has 0 atom stereocenters. The summed E-state index contributed by atoms with van der Waals surface area (Å²) < 4.78 is 5.31. The van der Waals surface area contributed by atoms with Gasteiger partial charge in [0, 0.05) is 11.3 Å². The number of nitrogens with one attached hydrogen (secondary N) is 1. The van der Waals surface area contributed by atoms with Gasteiger partial charge in [0.1, 0.15) is 5.75 Å². The zero-order valence-corrected chi connectivity index (χ0v) is 11.5. The molecule has 0 aliphatic carbocycles. The van der Waals surface area contributed by atoms with Gasteiger partial charge in [-0.25, -0.2) is 0 Å². The van der Waals surface area contributed by atoms with Crippen LogP contribution in [-0.4, -0.2) is 30.0 Å². The molecule has 1 aromatic rings. The summed E-state index contributed by atoms with van der Waals surface area (Å²) in [6.07, 6.45) is 0. The molecule has 1 aliphatic heterocycles. The highest BCUT2D eigenvalue weighted by atomic mass is 35.5. The Morgan fingerprint density at radius 1 is 1.61 bits per heavy atom. The van der Waals surface area contributed by atoms with Crippen LogP contribution in [0.15, 0.2) is 23.2 Å². The predicted octanol–water partition coefficient (Wildman–Crippen LogP) is 2.57. The number of hydrogen-bond donors (Lipinski definition) is 1. The predicted molar refractivity (Wildman–Crippen MR) is 74.8 cm³/mol. The molecule has 0 bridgehead atoms. The van der Waals surface area contributed by atoms with Crippen molar-refractivity contribution >= 4 is 34.4 Å². The minimum atomic E-state index is -0.201. The van der Waals surface area contributed by atoms with E-state index in [4.69, 9.17) is 16.3 Å². The van der Waals surface area contributed by atoms with Gasteiger partial charge in [-0.3, -0.25) is 9.79 Å². The van der Waals surface area contributed by atoms with Gasteiger partial charge in [-0.1, -0.05) is 23.4 Å². The third-order valence-corrected chi connectivity index (χ3v) is 3.49. The van der Waals surface area contributed by atoms with Crippen molar-refractivity contribution in [3.8, 4) is 5.75 Å². The smallest absolute Gasteiger partial charge is 0.257 e. The molecular weight excluding hydrogens is 272 g/mol. The van der Waals surface area contributed by atoms with E-state index in [0.29, 0.717) is 28.1 Å². The van der Waals surface area contributed by atoms with Crippen molar-refractivity contribution in [1.82, 2.24) is 5.32 Å². The lowest BCUT2D eigenvalue weighted by molar-refractivity contribution is 0.0978. The van der Waals surface area contributed by atoms with Crippen molar-refractivity contribution in [2.75, 3.05) is 18.9 Å². The first-order valence-electron chi connectivity index (χ1n) is 5.61. The number of amidine groups is 1. The van der Waals surface area contributed by atoms with E-state index in [1.807, 2.05) is 6.92 Å². The summed E-state index contributed by atoms with van der Waals surface area (Å²) in [5.74, 6) is 1.30. The molecule has 0 spiro atoms. The highest BCUT2D eigenvalue weighted by molar-refractivity contribution is 8.14. The maximum absolute atomic E-state index is 11.9. The monoisotopic (exact) mass is 284 g/mol. The van der Waals surface area contributed by atoms with Crippen molar-refractivity contribution in [2.24, 2.45) is 4.99 Å². The first kappa shape index (κ1) is 13.2. The van der Waals surface area contributed by atoms with Crippen LogP contribution < -0.4 is 10.1 Å². The molecule has 1 aliphatic rings. The Hall–Kier alpha value is -1.20. The molecule has 0 radical (unpaired) electrons. The number of nitrogens with zero attached hydrogens (tertiary/aromatic N) is 1. The van der Waals surface area contributed by atoms with Crippen LogP contribution in [0.1, 0.15) is 17.3 Å². The first-order chi connectivity index (χ1) is 8.70. The average molecular weight is 285 g/mol. The number of carbonyl (C=O) groups is 1. The molecule has 18 heavy (non-hydrogen) atoms. The third-order valence-electron chi connectivity index (χ3n) is 2.30. The molecule has 0 aromatic heterocycles. The minimum Gasteiger partial charge on any atom is -0.492 e. The normalized spacial score (nSPS) is 14.2. The van der Waals surface area contributed by atoms with E-state index in [0.717, 1.165) is 12.3 Å². The van der Waals surface area contributed by atoms with Crippen molar-refractivity contribution in [3.63, 3.8) is 0 Å². The summed E-state index contributed by atoms with van der Waals surface area (Å²) >= 11 is 7.57. The molecule has 0 saturated heterocycles. The van der Waals surface area contributed by atoms with E-state index in [9.17, 15) is 4.79 Å². The Morgan fingerprint density at radius 2 is 2.44 bits per heavy atom. The van der Waals surface area contributed by atoms with E-state index in [1.54, 1.807) is 30.0 Å². The van der Waals surface area contributed by atoms with Gasteiger partial charge in [-0.2, -0.15) is 0 Å². The SMILES string of the molecule is CCOc1ccc(C(=O)NC2=NCCS2)cc1Cl. The summed E-state index contributed by atoms with van der Waals surface area (Å²) in [5.41, 5.74) is 0.499. The summed E-state index contributed by atoms with van der Waals surface area (Å²) in [5, 5.41) is 3.86. The average Bonchev–Trinajstić information content (AvgIpc) is 2.84. The number of halogens is 1. The number of amides is 1. The molecule has 1 N–H and O–H groups in total. The summed E-state index contributed by atoms with van der Waals surface area (Å²) in [6, 6.07) is 4.98. The van der Waals surface area contributed by atoms with E-state index >= 15 is 0 Å². The zero-order chi connectivity index (χ0) is 13.0. The largest absolute Gasteiger partial charge is 0.492 e. The number of aliphatic imine (C=N–C) groups is 1. The van der Waals surface area contributed by atoms with Gasteiger partial charge < -0.3 is 10.1 Å². The fourth-order valence-electron chi connectivity index (χ4n) is 1.49. The molecule has 96 valence electrons. The Morgan fingerprint density at radius 3 is 3.06 bits per heavy atom. The highest BCUT2D eigenvalue weighted by Crippen LogP contribution is 2.25. The van der Waals surface area contributed by atoms with Gasteiger partial charge in [-0.15, -0.1) is 0 Å². The van der Waals surface area contributed by atoms with Crippen LogP contribution in [0, 0.1) is 0 Å². The van der Waals surface area contributed by atoms with Crippen molar-refractivity contribution < 1.29 is 9.53 Å². The fourth-order valence-corrected chi connectivity index (χ4v) is 2.45. The van der Waals surface area contributed by atoms with Crippen LogP contribution in [0.2, 0.25) is 5.02 Å². The molecule has 0 fully saturated rings. The Balaban J connectivity index is 2.08. The maximum atomic E-state index is 11.9. The lowest BCUT2D eigenvalue weighted by Crippen LogP contribution is -2.27. The highest BCUT2D eigenvalue weighted by Gasteiger charge is 2.14. The molecule has 1 heterocycles. The van der Waals surface area contributed by atoms with Crippen LogP contribution in [0.4, 0.5) is 0 Å². The van der Waals surface area contributed by atoms with Gasteiger partial charge in [0.25, 0.3) is 5.91 Å². The standard InChI is InChI=1S/C12H13ClN2O2S/c1-2-17-10-4-3-8(7-9(10)13)11(16)15-12-14-5-6-18-12/h3-4,7H,2,5-6H2,1H3,(H,14,15,16). The minimum absolute atomic E-state index is 0.201. The Kier molecular flexibility index (Phi) is 4.49. The van der Waals surface area contributed by atoms with Crippen LogP contribution in [-0.2, 0) is 0 Å². The molecule has 6 heteroatoms. The van der Waals surface area contributed by atoms with Gasteiger partial charge in [-0.05, 0) is 25.1 Å². The van der Waals surface area contributed by atoms with Crippen LogP contribution in [0.5, 0.6) is 5.75 Å². The van der Waals surface area contributed by atoms with Gasteiger partial charge in [0.15, 0.2) is 5.17 Å². The lowest BCUT2D eigenvalue weighted by Gasteiger charge is -2.08. The van der Waals surface area contributed by atoms with E-state index < -0.39 is 0 Å². The second-order valence-electron chi connectivity index (χ2n) is 3.57. The molecular formula is C12H13ClN2O2S. The molecule has 2 rings (SSSR count). The number of ether oxygens (including phenoxy) is 1. The molecule has 0 unspecified atom stereocenters. The quantitative estimate of drug-likeness (QED) is 0.928. The fraction of sp³-hybridized carbons (Fsp3) is 0.333.